The molecular weight excluding hydrogens is 250 g/mol. The predicted octanol–water partition coefficient (Wildman–Crippen LogP) is 3.73. The van der Waals surface area contributed by atoms with Gasteiger partial charge in [0.25, 0.3) is 0 Å². The molecule has 0 aliphatic heterocycles. The number of hydrogen-bond donors (Lipinski definition) is 1. The Labute approximate surface area is 110 Å². The van der Waals surface area contributed by atoms with Gasteiger partial charge in [0.2, 0.25) is 0 Å². The van der Waals surface area contributed by atoms with Crippen LogP contribution in [0.15, 0.2) is 48.5 Å². The first-order valence-electron chi connectivity index (χ1n) is 5.45. The second kappa shape index (κ2) is 5.56. The van der Waals surface area contributed by atoms with Crippen LogP contribution in [0.2, 0.25) is 5.02 Å². The highest BCUT2D eigenvalue weighted by atomic mass is 35.5. The molecule has 0 aromatic heterocycles. The second-order valence-electron chi connectivity index (χ2n) is 3.65. The van der Waals surface area contributed by atoms with Crippen LogP contribution in [0.5, 0.6) is 5.75 Å². The first-order chi connectivity index (χ1) is 8.70. The van der Waals surface area contributed by atoms with E-state index in [1.165, 1.54) is 7.05 Å². The van der Waals surface area contributed by atoms with E-state index in [2.05, 4.69) is 5.32 Å². The topological polar surface area (TPSA) is 38.3 Å². The number of hydrogen-bond acceptors (Lipinski definition) is 2. The number of carbonyl (C=O) groups excluding carboxylic acids is 1. The van der Waals surface area contributed by atoms with Crippen molar-refractivity contribution in [3.05, 3.63) is 53.6 Å². The SMILES string of the molecule is CNC(=O)Oc1ccc(-c2ccccc2)cc1Cl. The zero-order valence-corrected chi connectivity index (χ0v) is 10.6. The van der Waals surface area contributed by atoms with Gasteiger partial charge in [-0.05, 0) is 23.3 Å². The summed E-state index contributed by atoms with van der Waals surface area (Å²) >= 11 is 6.08. The molecule has 2 aromatic carbocycles. The molecule has 0 aliphatic rings. The average Bonchev–Trinajstić information content (AvgIpc) is 2.42. The number of ether oxygens (including phenoxy) is 1. The van der Waals surface area contributed by atoms with Crippen molar-refractivity contribution in [1.29, 1.82) is 0 Å². The summed E-state index contributed by atoms with van der Waals surface area (Å²) < 4.78 is 5.00. The summed E-state index contributed by atoms with van der Waals surface area (Å²) in [5, 5.41) is 2.77. The number of amides is 1. The van der Waals surface area contributed by atoms with Crippen LogP contribution in [0.25, 0.3) is 11.1 Å². The number of rotatable bonds is 2. The highest BCUT2D eigenvalue weighted by molar-refractivity contribution is 6.32. The maximum absolute atomic E-state index is 11.1. The van der Waals surface area contributed by atoms with Gasteiger partial charge in [0.1, 0.15) is 0 Å². The third kappa shape index (κ3) is 2.81. The molecule has 3 nitrogen and oxygen atoms in total. The Balaban J connectivity index is 2.28. The van der Waals surface area contributed by atoms with E-state index >= 15 is 0 Å². The van der Waals surface area contributed by atoms with Crippen molar-refractivity contribution < 1.29 is 9.53 Å². The quantitative estimate of drug-likeness (QED) is 0.895. The zero-order valence-electron chi connectivity index (χ0n) is 9.81. The molecule has 0 heterocycles. The smallest absolute Gasteiger partial charge is 0.409 e. The summed E-state index contributed by atoms with van der Waals surface area (Å²) in [5.41, 5.74) is 2.04. The van der Waals surface area contributed by atoms with Crippen LogP contribution >= 0.6 is 11.6 Å². The summed E-state index contributed by atoms with van der Waals surface area (Å²) in [6, 6.07) is 15.2. The van der Waals surface area contributed by atoms with Gasteiger partial charge in [-0.25, -0.2) is 4.79 Å². The van der Waals surface area contributed by atoms with Gasteiger partial charge in [-0.1, -0.05) is 48.0 Å². The molecule has 0 saturated heterocycles. The average molecular weight is 262 g/mol. The van der Waals surface area contributed by atoms with E-state index < -0.39 is 6.09 Å². The lowest BCUT2D eigenvalue weighted by Crippen LogP contribution is -2.22. The van der Waals surface area contributed by atoms with Gasteiger partial charge in [0, 0.05) is 7.05 Å². The zero-order chi connectivity index (χ0) is 13.0. The first-order valence-corrected chi connectivity index (χ1v) is 5.83. The largest absolute Gasteiger partial charge is 0.412 e. The van der Waals surface area contributed by atoms with Crippen molar-refractivity contribution in [2.75, 3.05) is 7.05 Å². The van der Waals surface area contributed by atoms with Crippen molar-refractivity contribution >= 4 is 17.7 Å². The molecule has 0 aliphatic carbocycles. The van der Waals surface area contributed by atoms with Crippen LogP contribution in [-0.2, 0) is 0 Å². The number of benzene rings is 2. The van der Waals surface area contributed by atoms with Crippen molar-refractivity contribution in [3.8, 4) is 16.9 Å². The Bertz CT molecular complexity index is 555. The highest BCUT2D eigenvalue weighted by Crippen LogP contribution is 2.30. The van der Waals surface area contributed by atoms with E-state index in [4.69, 9.17) is 16.3 Å². The summed E-state index contributed by atoms with van der Waals surface area (Å²) in [7, 11) is 1.49. The van der Waals surface area contributed by atoms with Crippen molar-refractivity contribution in [2.45, 2.75) is 0 Å². The van der Waals surface area contributed by atoms with Crippen molar-refractivity contribution in [3.63, 3.8) is 0 Å². The molecule has 0 atom stereocenters. The third-order valence-electron chi connectivity index (χ3n) is 2.45. The molecule has 1 amide bonds. The standard InChI is InChI=1S/C14H12ClNO2/c1-16-14(17)18-13-8-7-11(9-12(13)15)10-5-3-2-4-6-10/h2-9H,1H3,(H,16,17). The van der Waals surface area contributed by atoms with Gasteiger partial charge >= 0.3 is 6.09 Å². The van der Waals surface area contributed by atoms with Gasteiger partial charge in [-0.2, -0.15) is 0 Å². The molecule has 0 unspecified atom stereocenters. The predicted molar refractivity (Wildman–Crippen MR) is 72.0 cm³/mol. The van der Waals surface area contributed by atoms with Gasteiger partial charge in [-0.15, -0.1) is 0 Å². The maximum Gasteiger partial charge on any atom is 0.412 e. The van der Waals surface area contributed by atoms with Crippen LogP contribution in [0.3, 0.4) is 0 Å². The fourth-order valence-corrected chi connectivity index (χ4v) is 1.76. The molecule has 4 heteroatoms. The molecular formula is C14H12ClNO2. The summed E-state index contributed by atoms with van der Waals surface area (Å²) in [5.74, 6) is 0.343. The van der Waals surface area contributed by atoms with Crippen molar-refractivity contribution in [2.24, 2.45) is 0 Å². The van der Waals surface area contributed by atoms with E-state index in [1.54, 1.807) is 12.1 Å². The van der Waals surface area contributed by atoms with Gasteiger partial charge < -0.3 is 10.1 Å². The minimum Gasteiger partial charge on any atom is -0.409 e. The normalized spacial score (nSPS) is 9.89. The summed E-state index contributed by atoms with van der Waals surface area (Å²) in [6.07, 6.45) is -0.538. The molecule has 0 spiro atoms. The van der Waals surface area contributed by atoms with E-state index in [9.17, 15) is 4.79 Å². The molecule has 0 saturated carbocycles. The second-order valence-corrected chi connectivity index (χ2v) is 4.06. The van der Waals surface area contributed by atoms with Crippen LogP contribution in [0.4, 0.5) is 4.79 Å². The molecule has 2 aromatic rings. The summed E-state index contributed by atoms with van der Waals surface area (Å²) in [6.45, 7) is 0. The van der Waals surface area contributed by atoms with E-state index in [1.807, 2.05) is 36.4 Å². The van der Waals surface area contributed by atoms with E-state index in [0.717, 1.165) is 11.1 Å². The minimum absolute atomic E-state index is 0.343. The van der Waals surface area contributed by atoms with Gasteiger partial charge in [-0.3, -0.25) is 0 Å². The van der Waals surface area contributed by atoms with E-state index in [-0.39, 0.29) is 0 Å². The lowest BCUT2D eigenvalue weighted by atomic mass is 10.1. The molecule has 0 radical (unpaired) electrons. The Morgan fingerprint density at radius 1 is 1.11 bits per heavy atom. The van der Waals surface area contributed by atoms with Gasteiger partial charge in [0.05, 0.1) is 5.02 Å². The lowest BCUT2D eigenvalue weighted by molar-refractivity contribution is 0.203. The number of nitrogens with one attached hydrogen (secondary N) is 1. The van der Waals surface area contributed by atoms with Gasteiger partial charge in [0.15, 0.2) is 5.75 Å². The number of carbonyl (C=O) groups is 1. The Kier molecular flexibility index (Phi) is 3.85. The monoisotopic (exact) mass is 261 g/mol. The molecule has 18 heavy (non-hydrogen) atoms. The lowest BCUT2D eigenvalue weighted by Gasteiger charge is -2.07. The Morgan fingerprint density at radius 3 is 2.44 bits per heavy atom. The Hall–Kier alpha value is -2.00. The molecule has 92 valence electrons. The highest BCUT2D eigenvalue weighted by Gasteiger charge is 2.07. The maximum atomic E-state index is 11.1. The van der Waals surface area contributed by atoms with Crippen LogP contribution in [0.1, 0.15) is 0 Å². The fourth-order valence-electron chi connectivity index (χ4n) is 1.54. The molecule has 0 bridgehead atoms. The van der Waals surface area contributed by atoms with Crippen LogP contribution < -0.4 is 10.1 Å². The van der Waals surface area contributed by atoms with Crippen molar-refractivity contribution in [1.82, 2.24) is 5.32 Å². The minimum atomic E-state index is -0.538. The van der Waals surface area contributed by atoms with Crippen LogP contribution in [0, 0.1) is 0 Å². The molecule has 2 rings (SSSR count). The Morgan fingerprint density at radius 2 is 1.83 bits per heavy atom. The number of halogens is 1. The third-order valence-corrected chi connectivity index (χ3v) is 2.74. The van der Waals surface area contributed by atoms with E-state index in [0.29, 0.717) is 10.8 Å². The molecule has 0 fully saturated rings. The first kappa shape index (κ1) is 12.5. The summed E-state index contributed by atoms with van der Waals surface area (Å²) in [4.78, 5) is 11.1. The fraction of sp³-hybridized carbons (Fsp3) is 0.0714. The van der Waals surface area contributed by atoms with Crippen LogP contribution in [-0.4, -0.2) is 13.1 Å². The molecule has 1 N–H and O–H groups in total.